The molecule has 3 N–H and O–H groups in total. The molecule has 0 aliphatic rings. The van der Waals surface area contributed by atoms with E-state index in [2.05, 4.69) is 11.9 Å². The summed E-state index contributed by atoms with van der Waals surface area (Å²) in [6.07, 6.45) is 4.00. The van der Waals surface area contributed by atoms with Crippen LogP contribution in [0.5, 0.6) is 0 Å². The van der Waals surface area contributed by atoms with E-state index < -0.39 is 6.04 Å². The number of nitrogens with two attached hydrogens (primary N) is 1. The minimum Gasteiger partial charge on any atom is -0.385 e. The number of nitrogens with one attached hydrogen (secondary N) is 1. The summed E-state index contributed by atoms with van der Waals surface area (Å²) in [6.45, 7) is 6.19. The molecule has 0 radical (unpaired) electrons. The van der Waals surface area contributed by atoms with Crippen LogP contribution in [0.4, 0.5) is 0 Å². The predicted octanol–water partition coefficient (Wildman–Crippen LogP) is 0.821. The maximum atomic E-state index is 11.5. The highest BCUT2D eigenvalue weighted by Crippen LogP contribution is 1.97. The lowest BCUT2D eigenvalue weighted by molar-refractivity contribution is -0.123. The van der Waals surface area contributed by atoms with Crippen LogP contribution in [0.1, 0.15) is 26.2 Å². The molecule has 0 saturated heterocycles. The van der Waals surface area contributed by atoms with Gasteiger partial charge in [-0.3, -0.25) is 4.79 Å². The first-order valence-electron chi connectivity index (χ1n) is 5.27. The second-order valence-corrected chi connectivity index (χ2v) is 3.68. The second-order valence-electron chi connectivity index (χ2n) is 3.68. The third kappa shape index (κ3) is 7.11. The van der Waals surface area contributed by atoms with Gasteiger partial charge in [-0.05, 0) is 26.2 Å². The van der Waals surface area contributed by atoms with Gasteiger partial charge in [-0.2, -0.15) is 0 Å². The van der Waals surface area contributed by atoms with Gasteiger partial charge >= 0.3 is 0 Å². The van der Waals surface area contributed by atoms with E-state index in [-0.39, 0.29) is 11.9 Å². The molecule has 4 heteroatoms. The first-order valence-corrected chi connectivity index (χ1v) is 5.27. The molecule has 2 atom stereocenters. The molecule has 0 fully saturated rings. The van der Waals surface area contributed by atoms with Crippen molar-refractivity contribution in [2.45, 2.75) is 38.3 Å². The number of methoxy groups -OCH3 is 1. The number of amides is 1. The fourth-order valence-electron chi connectivity index (χ4n) is 1.24. The molecule has 0 aromatic heterocycles. The Hall–Kier alpha value is -0.870. The fraction of sp³-hybridized carbons (Fsp3) is 0.727. The van der Waals surface area contributed by atoms with E-state index in [0.717, 1.165) is 12.8 Å². The van der Waals surface area contributed by atoms with E-state index in [1.54, 1.807) is 13.2 Å². The highest BCUT2D eigenvalue weighted by atomic mass is 16.5. The highest BCUT2D eigenvalue weighted by Gasteiger charge is 2.14. The summed E-state index contributed by atoms with van der Waals surface area (Å²) in [5.74, 6) is -0.0968. The number of carbonyl (C=O) groups is 1. The Kier molecular flexibility index (Phi) is 7.95. The van der Waals surface area contributed by atoms with Gasteiger partial charge in [0, 0.05) is 19.8 Å². The number of hydrogen-bond acceptors (Lipinski definition) is 3. The van der Waals surface area contributed by atoms with Crippen LogP contribution < -0.4 is 11.1 Å². The van der Waals surface area contributed by atoms with E-state index in [4.69, 9.17) is 10.5 Å². The third-order valence-electron chi connectivity index (χ3n) is 2.11. The summed E-state index contributed by atoms with van der Waals surface area (Å²) in [5.41, 5.74) is 5.71. The molecule has 1 amide bonds. The quantitative estimate of drug-likeness (QED) is 0.464. The molecule has 0 spiro atoms. The monoisotopic (exact) mass is 214 g/mol. The molecular weight excluding hydrogens is 192 g/mol. The SMILES string of the molecule is C=CCC(C)NC(=O)C(N)CCCOC. The molecule has 0 aromatic rings. The van der Waals surface area contributed by atoms with E-state index in [1.165, 1.54) is 0 Å². The van der Waals surface area contributed by atoms with Crippen molar-refractivity contribution < 1.29 is 9.53 Å². The van der Waals surface area contributed by atoms with Crippen LogP contribution in [-0.2, 0) is 9.53 Å². The van der Waals surface area contributed by atoms with Crippen molar-refractivity contribution in [1.82, 2.24) is 5.32 Å². The summed E-state index contributed by atoms with van der Waals surface area (Å²) < 4.78 is 4.89. The minimum atomic E-state index is -0.438. The van der Waals surface area contributed by atoms with Gasteiger partial charge in [0.1, 0.15) is 0 Å². The van der Waals surface area contributed by atoms with Gasteiger partial charge in [0.2, 0.25) is 5.91 Å². The maximum Gasteiger partial charge on any atom is 0.237 e. The van der Waals surface area contributed by atoms with Crippen LogP contribution >= 0.6 is 0 Å². The molecule has 88 valence electrons. The third-order valence-corrected chi connectivity index (χ3v) is 2.11. The second kappa shape index (κ2) is 8.44. The Labute approximate surface area is 91.9 Å². The van der Waals surface area contributed by atoms with Crippen LogP contribution in [0.15, 0.2) is 12.7 Å². The van der Waals surface area contributed by atoms with Gasteiger partial charge in [0.15, 0.2) is 0 Å². The smallest absolute Gasteiger partial charge is 0.237 e. The van der Waals surface area contributed by atoms with Crippen LogP contribution in [0.3, 0.4) is 0 Å². The molecule has 0 aromatic carbocycles. The molecule has 0 aliphatic heterocycles. The zero-order valence-electron chi connectivity index (χ0n) is 9.66. The number of ether oxygens (including phenoxy) is 1. The van der Waals surface area contributed by atoms with Crippen LogP contribution in [0.25, 0.3) is 0 Å². The number of rotatable bonds is 8. The van der Waals surface area contributed by atoms with Gasteiger partial charge in [-0.15, -0.1) is 6.58 Å². The summed E-state index contributed by atoms with van der Waals surface area (Å²) in [5, 5.41) is 2.83. The first-order chi connectivity index (χ1) is 7.11. The molecular formula is C11H22N2O2. The van der Waals surface area contributed by atoms with E-state index in [0.29, 0.717) is 13.0 Å². The summed E-state index contributed by atoms with van der Waals surface area (Å²) >= 11 is 0. The Morgan fingerprint density at radius 1 is 1.67 bits per heavy atom. The summed E-state index contributed by atoms with van der Waals surface area (Å²) in [7, 11) is 1.64. The predicted molar refractivity (Wildman–Crippen MR) is 61.5 cm³/mol. The minimum absolute atomic E-state index is 0.0968. The average molecular weight is 214 g/mol. The Morgan fingerprint density at radius 2 is 2.33 bits per heavy atom. The van der Waals surface area contributed by atoms with Gasteiger partial charge in [0.05, 0.1) is 6.04 Å². The van der Waals surface area contributed by atoms with Gasteiger partial charge in [0.25, 0.3) is 0 Å². The summed E-state index contributed by atoms with van der Waals surface area (Å²) in [4.78, 5) is 11.5. The molecule has 15 heavy (non-hydrogen) atoms. The zero-order chi connectivity index (χ0) is 11.7. The Balaban J connectivity index is 3.72. The van der Waals surface area contributed by atoms with Crippen LogP contribution in [0, 0.1) is 0 Å². The molecule has 4 nitrogen and oxygen atoms in total. The standard InChI is InChI=1S/C11H22N2O2/c1-4-6-9(2)13-11(14)10(12)7-5-8-15-3/h4,9-10H,1,5-8,12H2,2-3H3,(H,13,14). The van der Waals surface area contributed by atoms with Gasteiger partial charge < -0.3 is 15.8 Å². The lowest BCUT2D eigenvalue weighted by Gasteiger charge is -2.16. The lowest BCUT2D eigenvalue weighted by atomic mass is 10.1. The fourth-order valence-corrected chi connectivity index (χ4v) is 1.24. The van der Waals surface area contributed by atoms with Crippen molar-refractivity contribution in [1.29, 1.82) is 0 Å². The molecule has 2 unspecified atom stereocenters. The van der Waals surface area contributed by atoms with Crippen molar-refractivity contribution in [3.8, 4) is 0 Å². The molecule has 0 heterocycles. The zero-order valence-corrected chi connectivity index (χ0v) is 9.66. The van der Waals surface area contributed by atoms with Crippen molar-refractivity contribution >= 4 is 5.91 Å². The normalized spacial score (nSPS) is 14.3. The van der Waals surface area contributed by atoms with Gasteiger partial charge in [-0.25, -0.2) is 0 Å². The van der Waals surface area contributed by atoms with Crippen molar-refractivity contribution in [3.05, 3.63) is 12.7 Å². The van der Waals surface area contributed by atoms with Gasteiger partial charge in [-0.1, -0.05) is 6.08 Å². The van der Waals surface area contributed by atoms with E-state index in [9.17, 15) is 4.79 Å². The van der Waals surface area contributed by atoms with Crippen LogP contribution in [-0.4, -0.2) is 31.7 Å². The topological polar surface area (TPSA) is 64.4 Å². The van der Waals surface area contributed by atoms with E-state index in [1.807, 2.05) is 6.92 Å². The molecule has 0 aliphatic carbocycles. The lowest BCUT2D eigenvalue weighted by Crippen LogP contribution is -2.44. The Morgan fingerprint density at radius 3 is 2.87 bits per heavy atom. The highest BCUT2D eigenvalue weighted by molar-refractivity contribution is 5.81. The molecule has 0 bridgehead atoms. The van der Waals surface area contributed by atoms with Crippen LogP contribution in [0.2, 0.25) is 0 Å². The largest absolute Gasteiger partial charge is 0.385 e. The maximum absolute atomic E-state index is 11.5. The molecule has 0 saturated carbocycles. The Bertz CT molecular complexity index is 195. The van der Waals surface area contributed by atoms with E-state index >= 15 is 0 Å². The molecule has 0 rings (SSSR count). The van der Waals surface area contributed by atoms with Crippen molar-refractivity contribution in [2.24, 2.45) is 5.73 Å². The number of hydrogen-bond donors (Lipinski definition) is 2. The van der Waals surface area contributed by atoms with Crippen molar-refractivity contribution in [2.75, 3.05) is 13.7 Å². The first kappa shape index (κ1) is 14.1. The summed E-state index contributed by atoms with van der Waals surface area (Å²) in [6, 6.07) is -0.337. The van der Waals surface area contributed by atoms with Crippen molar-refractivity contribution in [3.63, 3.8) is 0 Å². The number of carbonyl (C=O) groups excluding carboxylic acids is 1. The average Bonchev–Trinajstić information content (AvgIpc) is 2.18.